The molecule has 5 unspecified atom stereocenters. The Bertz CT molecular complexity index is 1370. The number of nitrogens with one attached hydrogen (secondary N) is 1. The van der Waals surface area contributed by atoms with Crippen molar-refractivity contribution in [3.63, 3.8) is 0 Å². The quantitative estimate of drug-likeness (QED) is 0.205. The number of rotatable bonds is 11. The van der Waals surface area contributed by atoms with Crippen molar-refractivity contribution < 1.29 is 57.5 Å². The molecule has 1 aromatic rings. The van der Waals surface area contributed by atoms with E-state index >= 15 is 0 Å². The summed E-state index contributed by atoms with van der Waals surface area (Å²) >= 11 is 0. The van der Waals surface area contributed by atoms with Crippen LogP contribution in [0.15, 0.2) is 42.0 Å². The molecule has 0 radical (unpaired) electrons. The third-order valence-corrected chi connectivity index (χ3v) is 7.52. The van der Waals surface area contributed by atoms with Crippen LogP contribution in [0.25, 0.3) is 6.08 Å². The van der Waals surface area contributed by atoms with E-state index in [9.17, 15) is 29.1 Å². The van der Waals surface area contributed by atoms with Gasteiger partial charge >= 0.3 is 23.9 Å². The smallest absolute Gasteiger partial charge is 0.348 e. The summed E-state index contributed by atoms with van der Waals surface area (Å²) in [5.41, 5.74) is -0.146. The summed E-state index contributed by atoms with van der Waals surface area (Å²) in [5.74, 6) is -2.86. The van der Waals surface area contributed by atoms with Crippen molar-refractivity contribution in [1.29, 1.82) is 0 Å². The second-order valence-electron chi connectivity index (χ2n) is 13.1. The van der Waals surface area contributed by atoms with Gasteiger partial charge < -0.3 is 38.8 Å². The lowest BCUT2D eigenvalue weighted by Gasteiger charge is -2.30. The van der Waals surface area contributed by atoms with Crippen molar-refractivity contribution in [1.82, 2.24) is 5.32 Å². The van der Waals surface area contributed by atoms with E-state index in [1.165, 1.54) is 24.3 Å². The highest BCUT2D eigenvalue weighted by Gasteiger charge is 2.46. The van der Waals surface area contributed by atoms with Crippen LogP contribution < -0.4 is 5.32 Å². The molecule has 250 valence electrons. The van der Waals surface area contributed by atoms with Gasteiger partial charge in [-0.2, -0.15) is 0 Å². The zero-order valence-corrected chi connectivity index (χ0v) is 26.6. The predicted octanol–water partition coefficient (Wildman–Crippen LogP) is 2.39. The number of cyclic esters (lactones) is 1. The van der Waals surface area contributed by atoms with Gasteiger partial charge in [-0.1, -0.05) is 26.0 Å². The van der Waals surface area contributed by atoms with Gasteiger partial charge in [0, 0.05) is 29.9 Å². The number of benzene rings is 1. The molecule has 5 atom stereocenters. The Labute approximate surface area is 267 Å². The number of hydrogen-bond donors (Lipinski definition) is 2. The summed E-state index contributed by atoms with van der Waals surface area (Å²) in [6.45, 7) is 8.55. The highest BCUT2D eigenvalue weighted by molar-refractivity contribution is 5.94. The largest absolute Gasteiger partial charge is 0.462 e. The number of carbonyl (C=O) groups excluding carboxylic acids is 5. The molecule has 1 aromatic carbocycles. The molecule has 1 aliphatic carbocycles. The second-order valence-corrected chi connectivity index (χ2v) is 13.1. The Kier molecular flexibility index (Phi) is 11.0. The third-order valence-electron chi connectivity index (χ3n) is 7.52. The first kappa shape index (κ1) is 34.8. The lowest BCUT2D eigenvalue weighted by molar-refractivity contribution is -0.159. The Hall–Kier alpha value is -4.07. The maximum atomic E-state index is 13.1. The van der Waals surface area contributed by atoms with Gasteiger partial charge in [-0.3, -0.25) is 9.59 Å². The van der Waals surface area contributed by atoms with Crippen molar-refractivity contribution in [2.75, 3.05) is 20.0 Å². The van der Waals surface area contributed by atoms with Crippen molar-refractivity contribution in [3.05, 3.63) is 53.1 Å². The summed E-state index contributed by atoms with van der Waals surface area (Å²) in [4.78, 5) is 62.4. The molecule has 3 aliphatic rings. The molecule has 1 amide bonds. The highest BCUT2D eigenvalue weighted by atomic mass is 16.7. The van der Waals surface area contributed by atoms with Crippen LogP contribution >= 0.6 is 0 Å². The standard InChI is InChI=1S/C33H41NO12/c1-32(2,3)46-26(37)13-11-22(16-35)34-29(38)21-14-23-27(43-18-42-23)24(15-21)44-30(39)20-9-6-19(7-10-20)8-12-25(36)45-28-31(40)41-17-33(28,4)5/h6-10,12,14,22-24,27-28,35H,11,13,15-18H2,1-5H3,(H,34,38). The third kappa shape index (κ3) is 9.24. The maximum absolute atomic E-state index is 13.1. The number of aliphatic hydroxyl groups excluding tert-OH is 1. The summed E-state index contributed by atoms with van der Waals surface area (Å²) in [6.07, 6.45) is 1.46. The molecule has 46 heavy (non-hydrogen) atoms. The minimum Gasteiger partial charge on any atom is -0.462 e. The van der Waals surface area contributed by atoms with E-state index in [4.69, 9.17) is 28.4 Å². The number of hydrogen-bond acceptors (Lipinski definition) is 12. The van der Waals surface area contributed by atoms with Crippen LogP contribution in [0.2, 0.25) is 0 Å². The monoisotopic (exact) mass is 643 g/mol. The molecule has 13 heteroatoms. The van der Waals surface area contributed by atoms with Crippen LogP contribution in [-0.2, 0) is 47.6 Å². The van der Waals surface area contributed by atoms with Gasteiger partial charge in [0.05, 0.1) is 18.2 Å². The van der Waals surface area contributed by atoms with Crippen molar-refractivity contribution in [2.45, 2.75) is 89.9 Å². The molecule has 0 spiro atoms. The van der Waals surface area contributed by atoms with Crippen molar-refractivity contribution in [2.24, 2.45) is 5.41 Å². The van der Waals surface area contributed by atoms with Crippen LogP contribution in [0.4, 0.5) is 0 Å². The van der Waals surface area contributed by atoms with E-state index in [2.05, 4.69) is 5.32 Å². The molecule has 0 aromatic heterocycles. The van der Waals surface area contributed by atoms with Crippen LogP contribution in [0, 0.1) is 5.41 Å². The first-order valence-corrected chi connectivity index (χ1v) is 15.1. The number of amides is 1. The summed E-state index contributed by atoms with van der Waals surface area (Å²) in [5, 5.41) is 12.5. The SMILES string of the molecule is CC(C)(C)OC(=O)CCC(CO)NC(=O)C1=CC2OCOC2C(OC(=O)c2ccc(C=CC(=O)OC3C(=O)OCC3(C)C)cc2)C1. The molecule has 0 saturated carbocycles. The number of ether oxygens (including phenoxy) is 6. The van der Waals surface area contributed by atoms with Gasteiger partial charge in [0.1, 0.15) is 37.3 Å². The van der Waals surface area contributed by atoms with E-state index in [1.54, 1.807) is 52.8 Å². The fourth-order valence-corrected chi connectivity index (χ4v) is 5.09. The van der Waals surface area contributed by atoms with Gasteiger partial charge in [0.25, 0.3) is 0 Å². The number of aliphatic hydroxyl groups is 1. The van der Waals surface area contributed by atoms with Gasteiger partial charge in [-0.15, -0.1) is 0 Å². The van der Waals surface area contributed by atoms with Crippen LogP contribution in [0.3, 0.4) is 0 Å². The molecule has 2 saturated heterocycles. The first-order chi connectivity index (χ1) is 21.6. The van der Waals surface area contributed by atoms with Crippen LogP contribution in [-0.4, -0.2) is 91.0 Å². The summed E-state index contributed by atoms with van der Waals surface area (Å²) < 4.78 is 32.5. The second kappa shape index (κ2) is 14.6. The van der Waals surface area contributed by atoms with Crippen LogP contribution in [0.5, 0.6) is 0 Å². The lowest BCUT2D eigenvalue weighted by Crippen LogP contribution is -2.45. The molecular weight excluding hydrogens is 602 g/mol. The molecule has 2 N–H and O–H groups in total. The number of carbonyl (C=O) groups is 5. The van der Waals surface area contributed by atoms with Crippen LogP contribution in [0.1, 0.15) is 69.8 Å². The molecule has 13 nitrogen and oxygen atoms in total. The van der Waals surface area contributed by atoms with E-state index in [0.717, 1.165) is 0 Å². The van der Waals surface area contributed by atoms with Gasteiger partial charge in [-0.25, -0.2) is 14.4 Å². The van der Waals surface area contributed by atoms with E-state index in [-0.39, 0.29) is 44.8 Å². The topological polar surface area (TPSA) is 173 Å². The highest BCUT2D eigenvalue weighted by Crippen LogP contribution is 2.32. The van der Waals surface area contributed by atoms with E-state index in [0.29, 0.717) is 11.1 Å². The Balaban J connectivity index is 1.32. The van der Waals surface area contributed by atoms with E-state index in [1.807, 2.05) is 0 Å². The Morgan fingerprint density at radius 3 is 2.46 bits per heavy atom. The fourth-order valence-electron chi connectivity index (χ4n) is 5.09. The van der Waals surface area contributed by atoms with Crippen molar-refractivity contribution in [3.8, 4) is 0 Å². The molecular formula is C33H41NO12. The molecule has 2 fully saturated rings. The van der Waals surface area contributed by atoms with Gasteiger partial charge in [0.2, 0.25) is 12.0 Å². The van der Waals surface area contributed by atoms with Gasteiger partial charge in [0.15, 0.2) is 0 Å². The minimum atomic E-state index is -0.989. The average Bonchev–Trinajstić information content (AvgIpc) is 3.57. The van der Waals surface area contributed by atoms with Crippen molar-refractivity contribution >= 4 is 35.9 Å². The lowest BCUT2D eigenvalue weighted by atomic mass is 9.90. The molecule has 2 heterocycles. The molecule has 0 bridgehead atoms. The fraction of sp³-hybridized carbons (Fsp3) is 0.545. The Morgan fingerprint density at radius 1 is 1.11 bits per heavy atom. The normalized spacial score (nSPS) is 24.4. The average molecular weight is 644 g/mol. The predicted molar refractivity (Wildman–Crippen MR) is 161 cm³/mol. The number of esters is 4. The first-order valence-electron chi connectivity index (χ1n) is 15.1. The molecule has 2 aliphatic heterocycles. The minimum absolute atomic E-state index is 0.0115. The number of fused-ring (bicyclic) bond motifs is 1. The maximum Gasteiger partial charge on any atom is 0.348 e. The van der Waals surface area contributed by atoms with E-state index < -0.39 is 71.3 Å². The summed E-state index contributed by atoms with van der Waals surface area (Å²) in [7, 11) is 0. The molecule has 4 rings (SSSR count). The zero-order chi connectivity index (χ0) is 33.6. The Morgan fingerprint density at radius 2 is 1.83 bits per heavy atom. The zero-order valence-electron chi connectivity index (χ0n) is 26.6. The van der Waals surface area contributed by atoms with Gasteiger partial charge in [-0.05, 0) is 57.0 Å². The summed E-state index contributed by atoms with van der Waals surface area (Å²) in [6, 6.07) is 5.57.